The van der Waals surface area contributed by atoms with Gasteiger partial charge in [-0.25, -0.2) is 0 Å². The summed E-state index contributed by atoms with van der Waals surface area (Å²) in [6, 6.07) is 12.2. The highest BCUT2D eigenvalue weighted by Gasteiger charge is 2.16. The lowest BCUT2D eigenvalue weighted by molar-refractivity contribution is -0.116. The Bertz CT molecular complexity index is 933. The molecule has 0 radical (unpaired) electrons. The first kappa shape index (κ1) is 21.2. The largest absolute Gasteiger partial charge is 0.302 e. The van der Waals surface area contributed by atoms with Crippen molar-refractivity contribution in [3.8, 4) is 11.4 Å². The molecule has 0 aliphatic heterocycles. The van der Waals surface area contributed by atoms with Crippen molar-refractivity contribution in [2.24, 2.45) is 5.92 Å². The van der Waals surface area contributed by atoms with Gasteiger partial charge in [-0.05, 0) is 35.1 Å². The van der Waals surface area contributed by atoms with Gasteiger partial charge in [-0.1, -0.05) is 63.7 Å². The molecule has 152 valence electrons. The number of carbonyl (C=O) groups excluding carboxylic acids is 1. The van der Waals surface area contributed by atoms with Crippen LogP contribution in [0, 0.1) is 5.92 Å². The van der Waals surface area contributed by atoms with E-state index in [1.165, 1.54) is 17.3 Å². The Balaban J connectivity index is 1.68. The van der Waals surface area contributed by atoms with Crippen LogP contribution >= 0.6 is 11.8 Å². The van der Waals surface area contributed by atoms with Crippen molar-refractivity contribution in [2.75, 3.05) is 5.75 Å². The van der Waals surface area contributed by atoms with Crippen molar-refractivity contribution in [3.05, 3.63) is 59.9 Å². The standard InChI is InChI=1S/C23H28N4OS/c1-16(2)14-27-22(20-9-11-24-12-10-20)25-26-23(27)29-15-21(28)13-18-5-7-19(8-6-18)17(3)4/h5-12,16-17H,13-15H2,1-4H3. The van der Waals surface area contributed by atoms with Crippen LogP contribution in [0.25, 0.3) is 11.4 Å². The molecule has 29 heavy (non-hydrogen) atoms. The van der Waals surface area contributed by atoms with E-state index in [0.717, 1.165) is 28.7 Å². The van der Waals surface area contributed by atoms with E-state index in [2.05, 4.69) is 71.7 Å². The van der Waals surface area contributed by atoms with Crippen molar-refractivity contribution < 1.29 is 4.79 Å². The summed E-state index contributed by atoms with van der Waals surface area (Å²) in [5.41, 5.74) is 3.33. The summed E-state index contributed by atoms with van der Waals surface area (Å²) in [7, 11) is 0. The molecule has 0 unspecified atom stereocenters. The molecule has 2 aromatic heterocycles. The summed E-state index contributed by atoms with van der Waals surface area (Å²) in [5, 5.41) is 9.53. The molecule has 0 N–H and O–H groups in total. The second-order valence-corrected chi connectivity index (χ2v) is 8.89. The Labute approximate surface area is 177 Å². The van der Waals surface area contributed by atoms with Crippen molar-refractivity contribution in [3.63, 3.8) is 0 Å². The lowest BCUT2D eigenvalue weighted by atomic mass is 10.0. The third kappa shape index (κ3) is 5.76. The Morgan fingerprint density at radius 3 is 2.31 bits per heavy atom. The van der Waals surface area contributed by atoms with Crippen LogP contribution in [0.4, 0.5) is 0 Å². The number of ketones is 1. The Morgan fingerprint density at radius 1 is 1.00 bits per heavy atom. The minimum atomic E-state index is 0.192. The number of rotatable bonds is 9. The maximum absolute atomic E-state index is 12.5. The third-order valence-corrected chi connectivity index (χ3v) is 5.64. The van der Waals surface area contributed by atoms with Gasteiger partial charge in [0.25, 0.3) is 0 Å². The van der Waals surface area contributed by atoms with Gasteiger partial charge >= 0.3 is 0 Å². The molecule has 0 amide bonds. The van der Waals surface area contributed by atoms with Crippen molar-refractivity contribution >= 4 is 17.5 Å². The average molecular weight is 409 g/mol. The number of Topliss-reactive ketones (excluding diaryl/α,β-unsaturated/α-hetero) is 1. The lowest BCUT2D eigenvalue weighted by Gasteiger charge is -2.12. The molecule has 0 fully saturated rings. The average Bonchev–Trinajstić information content (AvgIpc) is 3.09. The number of carbonyl (C=O) groups is 1. The predicted molar refractivity (Wildman–Crippen MR) is 118 cm³/mol. The minimum absolute atomic E-state index is 0.192. The van der Waals surface area contributed by atoms with E-state index in [0.29, 0.717) is 24.0 Å². The van der Waals surface area contributed by atoms with Gasteiger partial charge in [0.05, 0.1) is 5.75 Å². The first-order valence-electron chi connectivity index (χ1n) is 10.0. The molecule has 0 atom stereocenters. The van der Waals surface area contributed by atoms with E-state index in [1.807, 2.05) is 12.1 Å². The maximum Gasteiger partial charge on any atom is 0.191 e. The smallest absolute Gasteiger partial charge is 0.191 e. The number of hydrogen-bond acceptors (Lipinski definition) is 5. The van der Waals surface area contributed by atoms with Crippen LogP contribution in [0.15, 0.2) is 53.9 Å². The highest BCUT2D eigenvalue weighted by molar-refractivity contribution is 7.99. The van der Waals surface area contributed by atoms with E-state index in [9.17, 15) is 4.79 Å². The van der Waals surface area contributed by atoms with Gasteiger partial charge < -0.3 is 4.57 Å². The monoisotopic (exact) mass is 408 g/mol. The second kappa shape index (κ2) is 9.83. The van der Waals surface area contributed by atoms with E-state index >= 15 is 0 Å². The zero-order valence-corrected chi connectivity index (χ0v) is 18.3. The zero-order valence-electron chi connectivity index (χ0n) is 17.5. The predicted octanol–water partition coefficient (Wildman–Crippen LogP) is 5.02. The minimum Gasteiger partial charge on any atom is -0.302 e. The molecule has 3 rings (SSSR count). The molecule has 0 saturated heterocycles. The van der Waals surface area contributed by atoms with Gasteiger partial charge in [0.2, 0.25) is 0 Å². The Kier molecular flexibility index (Phi) is 7.20. The van der Waals surface area contributed by atoms with Gasteiger partial charge in [0, 0.05) is 30.9 Å². The molecule has 0 saturated carbocycles. The number of hydrogen-bond donors (Lipinski definition) is 0. The molecule has 2 heterocycles. The molecule has 6 heteroatoms. The normalized spacial score (nSPS) is 11.4. The van der Waals surface area contributed by atoms with Crippen molar-refractivity contribution in [1.82, 2.24) is 19.7 Å². The highest BCUT2D eigenvalue weighted by atomic mass is 32.2. The molecular weight excluding hydrogens is 380 g/mol. The topological polar surface area (TPSA) is 60.7 Å². The van der Waals surface area contributed by atoms with E-state index < -0.39 is 0 Å². The van der Waals surface area contributed by atoms with E-state index in [4.69, 9.17) is 0 Å². The first-order valence-corrected chi connectivity index (χ1v) is 11.0. The summed E-state index contributed by atoms with van der Waals surface area (Å²) in [6.07, 6.45) is 3.95. The Morgan fingerprint density at radius 2 is 1.69 bits per heavy atom. The van der Waals surface area contributed by atoms with Crippen LogP contribution in [0.2, 0.25) is 0 Å². The molecule has 0 bridgehead atoms. The van der Waals surface area contributed by atoms with Gasteiger partial charge in [-0.15, -0.1) is 10.2 Å². The van der Waals surface area contributed by atoms with Crippen LogP contribution in [0.5, 0.6) is 0 Å². The summed E-state index contributed by atoms with van der Waals surface area (Å²) < 4.78 is 2.11. The van der Waals surface area contributed by atoms with Gasteiger partial charge in [0.1, 0.15) is 5.78 Å². The van der Waals surface area contributed by atoms with Gasteiger partial charge in [-0.3, -0.25) is 9.78 Å². The van der Waals surface area contributed by atoms with Crippen LogP contribution in [-0.2, 0) is 17.8 Å². The van der Waals surface area contributed by atoms with E-state index in [-0.39, 0.29) is 5.78 Å². The van der Waals surface area contributed by atoms with Gasteiger partial charge in [0.15, 0.2) is 11.0 Å². The number of pyridine rings is 1. The van der Waals surface area contributed by atoms with E-state index in [1.54, 1.807) is 12.4 Å². The Hall–Kier alpha value is -2.47. The fourth-order valence-electron chi connectivity index (χ4n) is 3.08. The zero-order chi connectivity index (χ0) is 20.8. The van der Waals surface area contributed by atoms with Crippen LogP contribution in [0.3, 0.4) is 0 Å². The number of nitrogens with zero attached hydrogens (tertiary/aromatic N) is 4. The molecule has 5 nitrogen and oxygen atoms in total. The fourth-order valence-corrected chi connectivity index (χ4v) is 3.89. The molecule has 3 aromatic rings. The molecule has 1 aromatic carbocycles. The molecular formula is C23H28N4OS. The summed E-state index contributed by atoms with van der Waals surface area (Å²) >= 11 is 1.46. The second-order valence-electron chi connectivity index (χ2n) is 7.95. The van der Waals surface area contributed by atoms with Crippen molar-refractivity contribution in [1.29, 1.82) is 0 Å². The molecule has 0 spiro atoms. The summed E-state index contributed by atoms with van der Waals surface area (Å²) in [4.78, 5) is 16.6. The highest BCUT2D eigenvalue weighted by Crippen LogP contribution is 2.25. The SMILES string of the molecule is CC(C)Cn1c(SCC(=O)Cc2ccc(C(C)C)cc2)nnc1-c1ccncc1. The number of benzene rings is 1. The summed E-state index contributed by atoms with van der Waals surface area (Å²) in [6.45, 7) is 9.47. The van der Waals surface area contributed by atoms with Gasteiger partial charge in [-0.2, -0.15) is 0 Å². The van der Waals surface area contributed by atoms with Crippen LogP contribution < -0.4 is 0 Å². The van der Waals surface area contributed by atoms with Crippen LogP contribution in [0.1, 0.15) is 44.7 Å². The molecule has 0 aliphatic carbocycles. The van der Waals surface area contributed by atoms with Crippen molar-refractivity contribution in [2.45, 2.75) is 51.7 Å². The lowest BCUT2D eigenvalue weighted by Crippen LogP contribution is -2.10. The fraction of sp³-hybridized carbons (Fsp3) is 0.391. The van der Waals surface area contributed by atoms with Crippen LogP contribution in [-0.4, -0.2) is 31.3 Å². The molecule has 0 aliphatic rings. The maximum atomic E-state index is 12.5. The number of thioether (sulfide) groups is 1. The first-order chi connectivity index (χ1) is 13.9. The number of aromatic nitrogens is 4. The summed E-state index contributed by atoms with van der Waals surface area (Å²) in [5.74, 6) is 2.34. The third-order valence-electron chi connectivity index (χ3n) is 4.61. The quantitative estimate of drug-likeness (QED) is 0.465.